The van der Waals surface area contributed by atoms with Gasteiger partial charge in [-0.2, -0.15) is 0 Å². The van der Waals surface area contributed by atoms with Crippen LogP contribution >= 0.6 is 0 Å². The molecule has 0 aliphatic rings. The molecule has 1 aromatic carbocycles. The molecule has 0 saturated carbocycles. The zero-order chi connectivity index (χ0) is 17.4. The molecule has 1 aromatic heterocycles. The summed E-state index contributed by atoms with van der Waals surface area (Å²) < 4.78 is 61.6. The van der Waals surface area contributed by atoms with Crippen LogP contribution in [0.5, 0.6) is 0 Å². The number of carbonyl (C=O) groups excluding carboxylic acids is 1. The second-order valence-corrected chi connectivity index (χ2v) is 5.89. The van der Waals surface area contributed by atoms with E-state index in [4.69, 9.17) is 10.9 Å². The van der Waals surface area contributed by atoms with E-state index in [2.05, 4.69) is 10.3 Å². The summed E-state index contributed by atoms with van der Waals surface area (Å²) in [6.45, 7) is 0. The molecular formula is C12H9F3N4O3S. The number of anilines is 2. The second-order valence-electron chi connectivity index (χ2n) is 4.36. The van der Waals surface area contributed by atoms with Crippen LogP contribution in [-0.4, -0.2) is 19.3 Å². The Labute approximate surface area is 128 Å². The van der Waals surface area contributed by atoms with E-state index in [1.165, 1.54) is 0 Å². The van der Waals surface area contributed by atoms with Gasteiger partial charge in [0.15, 0.2) is 17.5 Å². The van der Waals surface area contributed by atoms with Gasteiger partial charge in [0.1, 0.15) is 10.7 Å². The Hall–Kier alpha value is -2.66. The maximum absolute atomic E-state index is 13.1. The maximum atomic E-state index is 13.1. The number of nitrogens with zero attached hydrogens (tertiary/aromatic N) is 1. The Morgan fingerprint density at radius 3 is 2.22 bits per heavy atom. The van der Waals surface area contributed by atoms with Gasteiger partial charge in [0.05, 0.1) is 5.56 Å². The number of halogens is 3. The Balaban J connectivity index is 2.35. The molecule has 5 N–H and O–H groups in total. The van der Waals surface area contributed by atoms with Gasteiger partial charge >= 0.3 is 0 Å². The van der Waals surface area contributed by atoms with Gasteiger partial charge in [-0.25, -0.2) is 31.7 Å². The highest BCUT2D eigenvalue weighted by Crippen LogP contribution is 2.20. The zero-order valence-electron chi connectivity index (χ0n) is 11.2. The van der Waals surface area contributed by atoms with Gasteiger partial charge < -0.3 is 11.1 Å². The number of sulfonamides is 1. The van der Waals surface area contributed by atoms with Gasteiger partial charge in [-0.1, -0.05) is 0 Å². The van der Waals surface area contributed by atoms with E-state index in [1.54, 1.807) is 0 Å². The number of primary sulfonamides is 1. The first-order valence-corrected chi connectivity index (χ1v) is 7.38. The summed E-state index contributed by atoms with van der Waals surface area (Å²) in [5, 5.41) is 6.98. The lowest BCUT2D eigenvalue weighted by Crippen LogP contribution is -2.18. The molecule has 0 radical (unpaired) electrons. The molecule has 0 aliphatic carbocycles. The van der Waals surface area contributed by atoms with Crippen molar-refractivity contribution in [2.75, 3.05) is 11.1 Å². The highest BCUT2D eigenvalue weighted by molar-refractivity contribution is 7.89. The van der Waals surface area contributed by atoms with E-state index < -0.39 is 44.1 Å². The van der Waals surface area contributed by atoms with Crippen molar-refractivity contribution in [2.45, 2.75) is 4.90 Å². The van der Waals surface area contributed by atoms with Crippen molar-refractivity contribution >= 4 is 27.4 Å². The van der Waals surface area contributed by atoms with E-state index in [9.17, 15) is 26.4 Å². The fourth-order valence-corrected chi connectivity index (χ4v) is 2.27. The molecule has 1 heterocycles. The van der Waals surface area contributed by atoms with Gasteiger partial charge in [0.2, 0.25) is 10.0 Å². The summed E-state index contributed by atoms with van der Waals surface area (Å²) in [7, 11) is -4.22. The average molecular weight is 346 g/mol. The quantitative estimate of drug-likeness (QED) is 0.714. The number of nitrogens with one attached hydrogen (secondary N) is 1. The number of benzene rings is 1. The molecule has 1 amide bonds. The molecule has 0 unspecified atom stereocenters. The van der Waals surface area contributed by atoms with Crippen LogP contribution in [0.25, 0.3) is 0 Å². The number of hydrogen-bond acceptors (Lipinski definition) is 5. The lowest BCUT2D eigenvalue weighted by molar-refractivity contribution is 0.102. The Bertz CT molecular complexity index is 879. The maximum Gasteiger partial charge on any atom is 0.257 e. The van der Waals surface area contributed by atoms with Crippen molar-refractivity contribution in [3.8, 4) is 0 Å². The molecule has 0 bridgehead atoms. The molecule has 7 nitrogen and oxygen atoms in total. The van der Waals surface area contributed by atoms with Crippen LogP contribution in [0.15, 0.2) is 29.3 Å². The minimum atomic E-state index is -4.22. The third-order valence-corrected chi connectivity index (χ3v) is 3.63. The highest BCUT2D eigenvalue weighted by Gasteiger charge is 2.18. The van der Waals surface area contributed by atoms with Crippen molar-refractivity contribution < 1.29 is 26.4 Å². The number of rotatable bonds is 3. The molecule has 0 aliphatic heterocycles. The third kappa shape index (κ3) is 3.57. The molecule has 122 valence electrons. The second kappa shape index (κ2) is 5.85. The van der Waals surface area contributed by atoms with E-state index in [0.717, 1.165) is 12.3 Å². The SMILES string of the molecule is Nc1ncc(C(=O)Nc2cc(F)c(F)c(F)c2)cc1S(N)(=O)=O. The van der Waals surface area contributed by atoms with Gasteiger partial charge in [0.25, 0.3) is 5.91 Å². The molecular weight excluding hydrogens is 337 g/mol. The summed E-state index contributed by atoms with van der Waals surface area (Å²) in [5.41, 5.74) is 4.68. The first-order valence-electron chi connectivity index (χ1n) is 5.84. The Kier molecular flexibility index (Phi) is 4.25. The summed E-state index contributed by atoms with van der Waals surface area (Å²) in [4.78, 5) is 14.9. The van der Waals surface area contributed by atoms with Crippen molar-refractivity contribution in [3.05, 3.63) is 47.4 Å². The number of amides is 1. The normalized spacial score (nSPS) is 11.3. The standard InChI is InChI=1S/C12H9F3N4O3S/c13-7-2-6(3-8(14)10(7)15)19-12(20)5-1-9(23(17,21)22)11(16)18-4-5/h1-4H,(H2,16,18)(H,19,20)(H2,17,21,22). The van der Waals surface area contributed by atoms with Crippen molar-refractivity contribution in [2.24, 2.45) is 5.14 Å². The molecule has 2 aromatic rings. The number of pyridine rings is 1. The number of carbonyl (C=O) groups is 1. The number of hydrogen-bond donors (Lipinski definition) is 3. The zero-order valence-corrected chi connectivity index (χ0v) is 12.0. The Morgan fingerprint density at radius 2 is 1.70 bits per heavy atom. The summed E-state index contributed by atoms with van der Waals surface area (Å²) >= 11 is 0. The van der Waals surface area contributed by atoms with E-state index in [-0.39, 0.29) is 11.3 Å². The topological polar surface area (TPSA) is 128 Å². The van der Waals surface area contributed by atoms with Crippen LogP contribution < -0.4 is 16.2 Å². The van der Waals surface area contributed by atoms with Crippen LogP contribution in [0, 0.1) is 17.5 Å². The van der Waals surface area contributed by atoms with Crippen LogP contribution in [0.4, 0.5) is 24.7 Å². The average Bonchev–Trinajstić information content (AvgIpc) is 2.43. The molecule has 2 rings (SSSR count). The van der Waals surface area contributed by atoms with Crippen LogP contribution in [-0.2, 0) is 10.0 Å². The summed E-state index contributed by atoms with van der Waals surface area (Å²) in [5.74, 6) is -6.05. The van der Waals surface area contributed by atoms with Gasteiger partial charge in [-0.15, -0.1) is 0 Å². The number of aromatic nitrogens is 1. The van der Waals surface area contributed by atoms with E-state index in [0.29, 0.717) is 12.1 Å². The summed E-state index contributed by atoms with van der Waals surface area (Å²) in [6, 6.07) is 1.96. The highest BCUT2D eigenvalue weighted by atomic mass is 32.2. The third-order valence-electron chi connectivity index (χ3n) is 2.69. The minimum Gasteiger partial charge on any atom is -0.383 e. The Morgan fingerprint density at radius 1 is 1.13 bits per heavy atom. The van der Waals surface area contributed by atoms with E-state index >= 15 is 0 Å². The predicted octanol–water partition coefficient (Wildman–Crippen LogP) is 0.981. The van der Waals surface area contributed by atoms with Gasteiger partial charge in [-0.3, -0.25) is 4.79 Å². The molecule has 0 spiro atoms. The van der Waals surface area contributed by atoms with Crippen molar-refractivity contribution in [1.82, 2.24) is 4.98 Å². The molecule has 0 atom stereocenters. The first kappa shape index (κ1) is 16.7. The van der Waals surface area contributed by atoms with E-state index in [1.807, 2.05) is 0 Å². The van der Waals surface area contributed by atoms with Gasteiger partial charge in [-0.05, 0) is 6.07 Å². The van der Waals surface area contributed by atoms with Crippen LogP contribution in [0.3, 0.4) is 0 Å². The largest absolute Gasteiger partial charge is 0.383 e. The lowest BCUT2D eigenvalue weighted by atomic mass is 10.2. The predicted molar refractivity (Wildman–Crippen MR) is 74.3 cm³/mol. The van der Waals surface area contributed by atoms with Crippen molar-refractivity contribution in [1.29, 1.82) is 0 Å². The minimum absolute atomic E-state index is 0.284. The fourth-order valence-electron chi connectivity index (χ4n) is 1.64. The smallest absolute Gasteiger partial charge is 0.257 e. The lowest BCUT2D eigenvalue weighted by Gasteiger charge is -2.08. The first-order chi connectivity index (χ1) is 10.6. The molecule has 0 saturated heterocycles. The molecule has 11 heteroatoms. The summed E-state index contributed by atoms with van der Waals surface area (Å²) in [6.07, 6.45) is 0.940. The van der Waals surface area contributed by atoms with Crippen molar-refractivity contribution in [3.63, 3.8) is 0 Å². The monoisotopic (exact) mass is 346 g/mol. The van der Waals surface area contributed by atoms with Crippen LogP contribution in [0.1, 0.15) is 10.4 Å². The van der Waals surface area contributed by atoms with Gasteiger partial charge in [0, 0.05) is 24.0 Å². The molecule has 23 heavy (non-hydrogen) atoms. The number of nitrogens with two attached hydrogens (primary N) is 2. The van der Waals surface area contributed by atoms with Crippen LogP contribution in [0.2, 0.25) is 0 Å². The fraction of sp³-hybridized carbons (Fsp3) is 0. The number of nitrogen functional groups attached to an aromatic ring is 1. The molecule has 0 fully saturated rings.